The van der Waals surface area contributed by atoms with E-state index >= 15 is 0 Å². The lowest BCUT2D eigenvalue weighted by Gasteiger charge is -2.23. The van der Waals surface area contributed by atoms with Crippen molar-refractivity contribution in [2.75, 3.05) is 7.05 Å². The third-order valence-electron chi connectivity index (χ3n) is 5.38. The molecule has 138 valence electrons. The third kappa shape index (κ3) is 3.28. The van der Waals surface area contributed by atoms with Gasteiger partial charge in [-0.25, -0.2) is 4.79 Å². The monoisotopic (exact) mass is 361 g/mol. The number of para-hydroxylation sites is 1. The van der Waals surface area contributed by atoms with E-state index in [1.807, 2.05) is 38.2 Å². The highest BCUT2D eigenvalue weighted by Crippen LogP contribution is 2.29. The van der Waals surface area contributed by atoms with Gasteiger partial charge in [-0.15, -0.1) is 0 Å². The van der Waals surface area contributed by atoms with Crippen LogP contribution in [-0.2, 0) is 6.54 Å². The lowest BCUT2D eigenvalue weighted by atomic mass is 10.0. The van der Waals surface area contributed by atoms with Crippen LogP contribution in [0.25, 0.3) is 21.9 Å². The zero-order chi connectivity index (χ0) is 19.1. The number of furan rings is 1. The molecule has 0 saturated carbocycles. The number of aryl methyl sites for hydroxylation is 2. The molecule has 0 unspecified atom stereocenters. The SMILES string of the molecule is Cc1cc2oc(=O)cc(CN(C)[C@@H](C)c3cc4ccccc4o3)c2cc1C. The Hall–Kier alpha value is -2.85. The van der Waals surface area contributed by atoms with Crippen LogP contribution in [0, 0.1) is 13.8 Å². The minimum Gasteiger partial charge on any atom is -0.459 e. The molecule has 4 rings (SSSR count). The van der Waals surface area contributed by atoms with Gasteiger partial charge in [0.1, 0.15) is 16.9 Å². The minimum atomic E-state index is -0.314. The molecule has 4 heteroatoms. The average molecular weight is 361 g/mol. The summed E-state index contributed by atoms with van der Waals surface area (Å²) >= 11 is 0. The molecule has 0 saturated heterocycles. The third-order valence-corrected chi connectivity index (χ3v) is 5.38. The van der Waals surface area contributed by atoms with Gasteiger partial charge in [0.15, 0.2) is 0 Å². The first-order valence-corrected chi connectivity index (χ1v) is 9.15. The number of benzene rings is 2. The molecular weight excluding hydrogens is 338 g/mol. The molecule has 0 aliphatic heterocycles. The molecule has 0 aliphatic carbocycles. The highest BCUT2D eigenvalue weighted by atomic mass is 16.4. The number of hydrogen-bond acceptors (Lipinski definition) is 4. The van der Waals surface area contributed by atoms with Crippen LogP contribution in [0.5, 0.6) is 0 Å². The molecule has 2 aromatic heterocycles. The van der Waals surface area contributed by atoms with Gasteiger partial charge in [0.25, 0.3) is 0 Å². The first kappa shape index (κ1) is 17.6. The predicted molar refractivity (Wildman–Crippen MR) is 108 cm³/mol. The second kappa shape index (κ2) is 6.71. The van der Waals surface area contributed by atoms with Crippen molar-refractivity contribution in [1.82, 2.24) is 4.90 Å². The van der Waals surface area contributed by atoms with E-state index in [-0.39, 0.29) is 11.7 Å². The van der Waals surface area contributed by atoms with E-state index in [9.17, 15) is 4.79 Å². The van der Waals surface area contributed by atoms with Gasteiger partial charge in [-0.3, -0.25) is 4.90 Å². The summed E-state index contributed by atoms with van der Waals surface area (Å²) in [5.74, 6) is 0.915. The van der Waals surface area contributed by atoms with Gasteiger partial charge in [0.05, 0.1) is 6.04 Å². The summed E-state index contributed by atoms with van der Waals surface area (Å²) in [6.07, 6.45) is 0. The maximum atomic E-state index is 12.0. The largest absolute Gasteiger partial charge is 0.459 e. The van der Waals surface area contributed by atoms with E-state index in [2.05, 4.69) is 36.9 Å². The fourth-order valence-electron chi connectivity index (χ4n) is 3.44. The van der Waals surface area contributed by atoms with Crippen molar-refractivity contribution in [2.24, 2.45) is 0 Å². The molecule has 2 aromatic carbocycles. The smallest absolute Gasteiger partial charge is 0.336 e. The summed E-state index contributed by atoms with van der Waals surface area (Å²) in [7, 11) is 2.04. The van der Waals surface area contributed by atoms with Crippen LogP contribution >= 0.6 is 0 Å². The molecule has 0 aliphatic rings. The van der Waals surface area contributed by atoms with E-state index in [1.54, 1.807) is 6.07 Å². The summed E-state index contributed by atoms with van der Waals surface area (Å²) in [4.78, 5) is 14.2. The zero-order valence-electron chi connectivity index (χ0n) is 16.1. The molecule has 4 aromatic rings. The number of fused-ring (bicyclic) bond motifs is 2. The lowest BCUT2D eigenvalue weighted by molar-refractivity contribution is 0.227. The normalized spacial score (nSPS) is 12.9. The Morgan fingerprint density at radius 2 is 1.70 bits per heavy atom. The Morgan fingerprint density at radius 1 is 0.963 bits per heavy atom. The Bertz CT molecular complexity index is 1150. The van der Waals surface area contributed by atoms with Crippen molar-refractivity contribution in [3.8, 4) is 0 Å². The molecule has 0 amide bonds. The molecule has 4 nitrogen and oxygen atoms in total. The van der Waals surface area contributed by atoms with Gasteiger partial charge in [0, 0.05) is 23.4 Å². The molecule has 0 spiro atoms. The highest BCUT2D eigenvalue weighted by molar-refractivity contribution is 5.82. The van der Waals surface area contributed by atoms with Crippen LogP contribution in [0.1, 0.15) is 35.4 Å². The van der Waals surface area contributed by atoms with Gasteiger partial charge < -0.3 is 8.83 Å². The molecule has 27 heavy (non-hydrogen) atoms. The fraction of sp³-hybridized carbons (Fsp3) is 0.261. The summed E-state index contributed by atoms with van der Waals surface area (Å²) in [6.45, 7) is 6.84. The van der Waals surface area contributed by atoms with Crippen LogP contribution in [-0.4, -0.2) is 11.9 Å². The standard InChI is InChI=1S/C23H23NO3/c1-14-9-19-18(12-23(25)27-22(19)10-15(14)2)13-24(4)16(3)21-11-17-7-5-6-8-20(17)26-21/h5-12,16H,13H2,1-4H3/t16-/m0/s1. The van der Waals surface area contributed by atoms with Crippen molar-refractivity contribution >= 4 is 21.9 Å². The number of hydrogen-bond donors (Lipinski definition) is 0. The maximum Gasteiger partial charge on any atom is 0.336 e. The Morgan fingerprint density at radius 3 is 2.48 bits per heavy atom. The summed E-state index contributed by atoms with van der Waals surface area (Å²) in [5, 5.41) is 2.09. The molecular formula is C23H23NO3. The highest BCUT2D eigenvalue weighted by Gasteiger charge is 2.18. The maximum absolute atomic E-state index is 12.0. The molecule has 2 heterocycles. The van der Waals surface area contributed by atoms with Gasteiger partial charge in [-0.05, 0) is 68.8 Å². The van der Waals surface area contributed by atoms with Crippen molar-refractivity contribution in [3.05, 3.63) is 81.4 Å². The van der Waals surface area contributed by atoms with Crippen LogP contribution in [0.3, 0.4) is 0 Å². The van der Waals surface area contributed by atoms with E-state index in [0.29, 0.717) is 12.1 Å². The average Bonchev–Trinajstić information content (AvgIpc) is 3.06. The second-order valence-corrected chi connectivity index (χ2v) is 7.30. The topological polar surface area (TPSA) is 46.6 Å². The van der Waals surface area contributed by atoms with Gasteiger partial charge in [0.2, 0.25) is 0 Å². The second-order valence-electron chi connectivity index (χ2n) is 7.30. The minimum absolute atomic E-state index is 0.0752. The number of rotatable bonds is 4. The first-order chi connectivity index (χ1) is 12.9. The summed E-state index contributed by atoms with van der Waals surface area (Å²) in [6, 6.07) is 15.8. The predicted octanol–water partition coefficient (Wildman–Crippen LogP) is 5.35. The molecule has 0 radical (unpaired) electrons. The summed E-state index contributed by atoms with van der Waals surface area (Å²) < 4.78 is 11.4. The summed E-state index contributed by atoms with van der Waals surface area (Å²) in [5.41, 5.74) is 4.49. The Kier molecular flexibility index (Phi) is 4.36. The van der Waals surface area contributed by atoms with Crippen LogP contribution in [0.15, 0.2) is 62.2 Å². The molecule has 1 atom stereocenters. The van der Waals surface area contributed by atoms with E-state index in [0.717, 1.165) is 33.2 Å². The lowest BCUT2D eigenvalue weighted by Crippen LogP contribution is -2.22. The quantitative estimate of drug-likeness (QED) is 0.460. The Labute approximate surface area is 158 Å². The van der Waals surface area contributed by atoms with Gasteiger partial charge >= 0.3 is 5.63 Å². The van der Waals surface area contributed by atoms with E-state index < -0.39 is 0 Å². The van der Waals surface area contributed by atoms with Gasteiger partial charge in [-0.2, -0.15) is 0 Å². The zero-order valence-corrected chi connectivity index (χ0v) is 16.1. The Balaban J connectivity index is 1.68. The van der Waals surface area contributed by atoms with E-state index in [4.69, 9.17) is 8.83 Å². The first-order valence-electron chi connectivity index (χ1n) is 9.15. The van der Waals surface area contributed by atoms with Crippen molar-refractivity contribution < 1.29 is 8.83 Å². The molecule has 0 N–H and O–H groups in total. The van der Waals surface area contributed by atoms with Crippen molar-refractivity contribution in [2.45, 2.75) is 33.4 Å². The van der Waals surface area contributed by atoms with Crippen LogP contribution < -0.4 is 5.63 Å². The number of nitrogens with zero attached hydrogens (tertiary/aromatic N) is 1. The van der Waals surface area contributed by atoms with Gasteiger partial charge in [-0.1, -0.05) is 18.2 Å². The van der Waals surface area contributed by atoms with Crippen molar-refractivity contribution in [3.63, 3.8) is 0 Å². The van der Waals surface area contributed by atoms with Crippen LogP contribution in [0.2, 0.25) is 0 Å². The fourth-order valence-corrected chi connectivity index (χ4v) is 3.44. The van der Waals surface area contributed by atoms with E-state index in [1.165, 1.54) is 5.56 Å². The van der Waals surface area contributed by atoms with Crippen molar-refractivity contribution in [1.29, 1.82) is 0 Å². The van der Waals surface area contributed by atoms with Crippen LogP contribution in [0.4, 0.5) is 0 Å². The molecule has 0 fully saturated rings. The molecule has 0 bridgehead atoms.